The van der Waals surface area contributed by atoms with Crippen LogP contribution < -0.4 is 26.0 Å². The zero-order valence-corrected chi connectivity index (χ0v) is 19.2. The first-order valence-corrected chi connectivity index (χ1v) is 10.8. The maximum absolute atomic E-state index is 12.5. The van der Waals surface area contributed by atoms with Crippen LogP contribution in [0.4, 0.5) is 0 Å². The number of nitrogens with zero attached hydrogens (tertiary/aromatic N) is 4. The fraction of sp³-hybridized carbons (Fsp3) is 0.435. The van der Waals surface area contributed by atoms with Crippen molar-refractivity contribution in [3.05, 3.63) is 64.1 Å². The first kappa shape index (κ1) is 24.3. The Morgan fingerprint density at radius 3 is 2.58 bits per heavy atom. The first-order valence-electron chi connectivity index (χ1n) is 10.8. The number of benzene rings is 1. The zero-order valence-electron chi connectivity index (χ0n) is 19.2. The fourth-order valence-corrected chi connectivity index (χ4v) is 3.42. The number of rotatable bonds is 12. The lowest BCUT2D eigenvalue weighted by atomic mass is 10.2. The van der Waals surface area contributed by atoms with E-state index in [1.54, 1.807) is 36.2 Å². The predicted octanol–water partition coefficient (Wildman–Crippen LogP) is 0.807. The number of aliphatic hydroxyl groups excluding tert-OH is 1. The van der Waals surface area contributed by atoms with Gasteiger partial charge in [-0.1, -0.05) is 24.8 Å². The summed E-state index contributed by atoms with van der Waals surface area (Å²) in [4.78, 5) is 28.8. The highest BCUT2D eigenvalue weighted by Gasteiger charge is 2.15. The number of aliphatic hydroxyl groups is 1. The van der Waals surface area contributed by atoms with Crippen molar-refractivity contribution >= 4 is 11.2 Å². The molecule has 178 valence electrons. The van der Waals surface area contributed by atoms with Crippen molar-refractivity contribution < 1.29 is 14.6 Å². The predicted molar refractivity (Wildman–Crippen MR) is 126 cm³/mol. The number of hydrogen-bond acceptors (Lipinski definition) is 7. The minimum Gasteiger partial charge on any atom is -0.487 e. The second-order valence-electron chi connectivity index (χ2n) is 7.93. The SMILES string of the molecule is C=CCOc1ccccc1OCC(O)CNC(C)CCn1cnc2c1c(=O)n(C)c(=O)n2C. The van der Waals surface area contributed by atoms with E-state index in [0.717, 1.165) is 4.57 Å². The third-order valence-electron chi connectivity index (χ3n) is 5.36. The molecule has 0 aliphatic heterocycles. The number of aryl methyl sites for hydroxylation is 2. The van der Waals surface area contributed by atoms with Gasteiger partial charge in [0.1, 0.15) is 19.3 Å². The van der Waals surface area contributed by atoms with Crippen LogP contribution in [0.1, 0.15) is 13.3 Å². The summed E-state index contributed by atoms with van der Waals surface area (Å²) in [5, 5.41) is 13.6. The van der Waals surface area contributed by atoms with E-state index in [1.807, 2.05) is 19.1 Å². The normalized spacial score (nSPS) is 13.1. The molecule has 0 saturated heterocycles. The van der Waals surface area contributed by atoms with Crippen molar-refractivity contribution in [1.82, 2.24) is 24.0 Å². The van der Waals surface area contributed by atoms with E-state index in [2.05, 4.69) is 16.9 Å². The van der Waals surface area contributed by atoms with E-state index < -0.39 is 11.8 Å². The highest BCUT2D eigenvalue weighted by Crippen LogP contribution is 2.26. The summed E-state index contributed by atoms with van der Waals surface area (Å²) in [5.74, 6) is 1.16. The Morgan fingerprint density at radius 2 is 1.88 bits per heavy atom. The molecule has 33 heavy (non-hydrogen) atoms. The fourth-order valence-electron chi connectivity index (χ4n) is 3.42. The van der Waals surface area contributed by atoms with E-state index in [0.29, 0.717) is 48.8 Å². The zero-order chi connectivity index (χ0) is 24.0. The van der Waals surface area contributed by atoms with Crippen molar-refractivity contribution in [2.75, 3.05) is 19.8 Å². The molecule has 2 atom stereocenters. The van der Waals surface area contributed by atoms with Crippen molar-refractivity contribution in [1.29, 1.82) is 0 Å². The highest BCUT2D eigenvalue weighted by atomic mass is 16.5. The molecule has 0 bridgehead atoms. The van der Waals surface area contributed by atoms with Gasteiger partial charge in [0.25, 0.3) is 5.56 Å². The molecule has 3 rings (SSSR count). The Hall–Kier alpha value is -3.37. The summed E-state index contributed by atoms with van der Waals surface area (Å²) < 4.78 is 15.5. The molecular formula is C23H31N5O5. The molecule has 10 nitrogen and oxygen atoms in total. The van der Waals surface area contributed by atoms with Gasteiger partial charge in [-0.3, -0.25) is 13.9 Å². The number of fused-ring (bicyclic) bond motifs is 1. The summed E-state index contributed by atoms with van der Waals surface area (Å²) in [6.07, 6.45) is 3.22. The summed E-state index contributed by atoms with van der Waals surface area (Å²) >= 11 is 0. The first-order chi connectivity index (χ1) is 15.8. The quantitative estimate of drug-likeness (QED) is 0.387. The molecule has 10 heteroatoms. The van der Waals surface area contributed by atoms with Crippen LogP contribution in [0.25, 0.3) is 11.2 Å². The Morgan fingerprint density at radius 1 is 1.18 bits per heavy atom. The number of para-hydroxylation sites is 2. The molecule has 0 amide bonds. The van der Waals surface area contributed by atoms with Gasteiger partial charge in [-0.15, -0.1) is 0 Å². The van der Waals surface area contributed by atoms with Crippen LogP contribution in [0.3, 0.4) is 0 Å². The lowest BCUT2D eigenvalue weighted by Gasteiger charge is -2.19. The molecule has 1 aromatic carbocycles. The topological polar surface area (TPSA) is 113 Å². The molecule has 0 fully saturated rings. The van der Waals surface area contributed by atoms with E-state index in [-0.39, 0.29) is 18.2 Å². The molecular weight excluding hydrogens is 426 g/mol. The second-order valence-corrected chi connectivity index (χ2v) is 7.93. The minimum absolute atomic E-state index is 0.0664. The van der Waals surface area contributed by atoms with Gasteiger partial charge in [0, 0.05) is 33.2 Å². The van der Waals surface area contributed by atoms with Gasteiger partial charge >= 0.3 is 5.69 Å². The lowest BCUT2D eigenvalue weighted by Crippen LogP contribution is -2.38. The van der Waals surface area contributed by atoms with E-state index in [1.165, 1.54) is 11.6 Å². The molecule has 0 aliphatic carbocycles. The smallest absolute Gasteiger partial charge is 0.332 e. The summed E-state index contributed by atoms with van der Waals surface area (Å²) in [6.45, 7) is 7.00. The van der Waals surface area contributed by atoms with Crippen LogP contribution >= 0.6 is 0 Å². The molecule has 2 aromatic heterocycles. The minimum atomic E-state index is -0.712. The van der Waals surface area contributed by atoms with E-state index >= 15 is 0 Å². The number of nitrogens with one attached hydrogen (secondary N) is 1. The number of imidazole rings is 1. The van der Waals surface area contributed by atoms with Crippen LogP contribution in [0.5, 0.6) is 11.5 Å². The third kappa shape index (κ3) is 5.71. The molecule has 2 heterocycles. The van der Waals surface area contributed by atoms with Crippen LogP contribution in [0, 0.1) is 0 Å². The molecule has 2 unspecified atom stereocenters. The standard InChI is InChI=1S/C23H31N5O5/c1-5-12-32-18-8-6-7-9-19(18)33-14-17(29)13-24-16(2)10-11-28-15-25-21-20(28)22(30)27(4)23(31)26(21)3/h5-9,15-17,24,29H,1,10-14H2,2-4H3. The van der Waals surface area contributed by atoms with Crippen molar-refractivity contribution in [2.45, 2.75) is 32.0 Å². The second kappa shape index (κ2) is 11.0. The average Bonchev–Trinajstić information content (AvgIpc) is 3.25. The summed E-state index contributed by atoms with van der Waals surface area (Å²) in [7, 11) is 3.05. The Balaban J connectivity index is 1.50. The van der Waals surface area contributed by atoms with Crippen molar-refractivity contribution in [2.24, 2.45) is 14.1 Å². The molecule has 0 radical (unpaired) electrons. The largest absolute Gasteiger partial charge is 0.487 e. The summed E-state index contributed by atoms with van der Waals surface area (Å²) in [5.41, 5.74) is 0.00113. The molecule has 3 aromatic rings. The number of ether oxygens (including phenoxy) is 2. The van der Waals surface area contributed by atoms with Gasteiger partial charge in [-0.2, -0.15) is 0 Å². The van der Waals surface area contributed by atoms with Crippen molar-refractivity contribution in [3.8, 4) is 11.5 Å². The maximum atomic E-state index is 12.5. The van der Waals surface area contributed by atoms with Crippen LogP contribution in [-0.2, 0) is 20.6 Å². The van der Waals surface area contributed by atoms with Gasteiger partial charge in [-0.25, -0.2) is 9.78 Å². The van der Waals surface area contributed by atoms with E-state index in [9.17, 15) is 14.7 Å². The van der Waals surface area contributed by atoms with Crippen LogP contribution in [0.2, 0.25) is 0 Å². The van der Waals surface area contributed by atoms with Gasteiger partial charge in [0.15, 0.2) is 22.7 Å². The summed E-state index contributed by atoms with van der Waals surface area (Å²) in [6, 6.07) is 7.35. The van der Waals surface area contributed by atoms with Gasteiger partial charge in [-0.05, 0) is 25.5 Å². The average molecular weight is 458 g/mol. The number of aromatic nitrogens is 4. The monoisotopic (exact) mass is 457 g/mol. The molecule has 0 aliphatic rings. The van der Waals surface area contributed by atoms with Crippen LogP contribution in [-0.4, -0.2) is 55.7 Å². The van der Waals surface area contributed by atoms with Crippen molar-refractivity contribution in [3.63, 3.8) is 0 Å². The molecule has 2 N–H and O–H groups in total. The van der Waals surface area contributed by atoms with E-state index in [4.69, 9.17) is 9.47 Å². The number of hydrogen-bond donors (Lipinski definition) is 2. The lowest BCUT2D eigenvalue weighted by molar-refractivity contribution is 0.102. The maximum Gasteiger partial charge on any atom is 0.332 e. The Labute approximate surface area is 191 Å². The van der Waals surface area contributed by atoms with Gasteiger partial charge < -0.3 is 24.5 Å². The highest BCUT2D eigenvalue weighted by molar-refractivity contribution is 5.69. The Kier molecular flexibility index (Phi) is 8.07. The van der Waals surface area contributed by atoms with Gasteiger partial charge in [0.05, 0.1) is 6.33 Å². The molecule has 0 saturated carbocycles. The third-order valence-corrected chi connectivity index (χ3v) is 5.36. The Bertz CT molecular complexity index is 1210. The van der Waals surface area contributed by atoms with Crippen LogP contribution in [0.15, 0.2) is 52.8 Å². The van der Waals surface area contributed by atoms with Gasteiger partial charge in [0.2, 0.25) is 0 Å². The molecule has 0 spiro atoms.